The number of phenols is 1. The lowest BCUT2D eigenvalue weighted by Gasteiger charge is -2.21. The summed E-state index contributed by atoms with van der Waals surface area (Å²) < 4.78 is 6.38. The second-order valence-corrected chi connectivity index (χ2v) is 5.41. The van der Waals surface area contributed by atoms with Crippen LogP contribution in [0.2, 0.25) is 0 Å². The predicted octanol–water partition coefficient (Wildman–Crippen LogP) is 2.77. The highest BCUT2D eigenvalue weighted by molar-refractivity contribution is 9.10. The van der Waals surface area contributed by atoms with Gasteiger partial charge in [-0.25, -0.2) is 0 Å². The molecule has 1 saturated heterocycles. The molecule has 1 atom stereocenters. The Hall–Kier alpha value is -0.580. The third kappa shape index (κ3) is 3.69. The van der Waals surface area contributed by atoms with Gasteiger partial charge in [-0.05, 0) is 47.0 Å². The zero-order valence-corrected chi connectivity index (χ0v) is 11.6. The molecule has 4 heteroatoms. The summed E-state index contributed by atoms with van der Waals surface area (Å²) >= 11 is 3.34. The molecule has 0 aromatic heterocycles. The summed E-state index contributed by atoms with van der Waals surface area (Å²) in [6, 6.07) is 5.68. The predicted molar refractivity (Wildman–Crippen MR) is 71.1 cm³/mol. The van der Waals surface area contributed by atoms with Crippen molar-refractivity contribution in [3.8, 4) is 5.75 Å². The van der Waals surface area contributed by atoms with E-state index in [1.165, 1.54) is 5.56 Å². The van der Waals surface area contributed by atoms with Gasteiger partial charge < -0.3 is 9.84 Å². The molecule has 0 bridgehead atoms. The highest BCUT2D eigenvalue weighted by Crippen LogP contribution is 2.25. The highest BCUT2D eigenvalue weighted by Gasteiger charge is 2.15. The van der Waals surface area contributed by atoms with E-state index < -0.39 is 0 Å². The molecule has 1 unspecified atom stereocenters. The van der Waals surface area contributed by atoms with Crippen LogP contribution < -0.4 is 0 Å². The maximum atomic E-state index is 9.46. The smallest absolute Gasteiger partial charge is 0.129 e. The lowest BCUT2D eigenvalue weighted by atomic mass is 10.2. The molecule has 1 aromatic carbocycles. The lowest BCUT2D eigenvalue weighted by Crippen LogP contribution is -2.29. The number of halogens is 1. The van der Waals surface area contributed by atoms with E-state index in [-0.39, 0.29) is 0 Å². The van der Waals surface area contributed by atoms with Crippen molar-refractivity contribution in [2.45, 2.75) is 26.0 Å². The minimum Gasteiger partial charge on any atom is -0.507 e. The van der Waals surface area contributed by atoms with E-state index in [0.29, 0.717) is 11.9 Å². The second-order valence-electron chi connectivity index (χ2n) is 4.56. The zero-order valence-electron chi connectivity index (χ0n) is 10.0. The molecule has 0 saturated carbocycles. The number of hydrogen-bond donors (Lipinski definition) is 1. The van der Waals surface area contributed by atoms with Crippen LogP contribution in [0, 0.1) is 0 Å². The molecule has 17 heavy (non-hydrogen) atoms. The number of benzene rings is 1. The van der Waals surface area contributed by atoms with Gasteiger partial charge in [0, 0.05) is 26.2 Å². The summed E-state index contributed by atoms with van der Waals surface area (Å²) in [6.45, 7) is 5.93. The summed E-state index contributed by atoms with van der Waals surface area (Å²) in [6.07, 6.45) is 1.39. The Morgan fingerprint density at radius 3 is 3.12 bits per heavy atom. The first-order valence-corrected chi connectivity index (χ1v) is 6.76. The molecule has 1 heterocycles. The van der Waals surface area contributed by atoms with Crippen LogP contribution in [0.25, 0.3) is 0 Å². The Balaban J connectivity index is 2.01. The average Bonchev–Trinajstić information content (AvgIpc) is 2.48. The van der Waals surface area contributed by atoms with Gasteiger partial charge in [0.25, 0.3) is 0 Å². The third-order valence-electron chi connectivity index (χ3n) is 2.95. The molecule has 0 spiro atoms. The van der Waals surface area contributed by atoms with E-state index in [9.17, 15) is 5.11 Å². The van der Waals surface area contributed by atoms with Crippen molar-refractivity contribution in [1.82, 2.24) is 4.90 Å². The van der Waals surface area contributed by atoms with Crippen LogP contribution in [-0.2, 0) is 11.3 Å². The van der Waals surface area contributed by atoms with Crippen molar-refractivity contribution >= 4 is 15.9 Å². The summed E-state index contributed by atoms with van der Waals surface area (Å²) in [4.78, 5) is 2.40. The third-order valence-corrected chi connectivity index (χ3v) is 3.59. The van der Waals surface area contributed by atoms with Gasteiger partial charge in [-0.3, -0.25) is 4.90 Å². The van der Waals surface area contributed by atoms with Crippen molar-refractivity contribution < 1.29 is 9.84 Å². The standard InChI is InChI=1S/C13H18BrNO2/c1-10-8-15(5-2-6-17-10)9-11-3-4-13(16)12(14)7-11/h3-4,7,10,16H,2,5-6,8-9H2,1H3. The first-order valence-electron chi connectivity index (χ1n) is 5.96. The van der Waals surface area contributed by atoms with Gasteiger partial charge >= 0.3 is 0 Å². The van der Waals surface area contributed by atoms with E-state index >= 15 is 0 Å². The number of nitrogens with zero attached hydrogens (tertiary/aromatic N) is 1. The average molecular weight is 300 g/mol. The molecule has 1 fully saturated rings. The van der Waals surface area contributed by atoms with Crippen LogP contribution >= 0.6 is 15.9 Å². The Morgan fingerprint density at radius 2 is 2.35 bits per heavy atom. The van der Waals surface area contributed by atoms with Gasteiger partial charge in [-0.15, -0.1) is 0 Å². The summed E-state index contributed by atoms with van der Waals surface area (Å²) in [5.74, 6) is 0.293. The molecular formula is C13H18BrNO2. The molecule has 0 radical (unpaired) electrons. The molecule has 0 amide bonds. The largest absolute Gasteiger partial charge is 0.507 e. The molecule has 2 rings (SSSR count). The molecule has 1 aliphatic heterocycles. The fourth-order valence-corrected chi connectivity index (χ4v) is 2.56. The Bertz CT molecular complexity index is 384. The second kappa shape index (κ2) is 5.85. The number of aromatic hydroxyl groups is 1. The maximum Gasteiger partial charge on any atom is 0.129 e. The van der Waals surface area contributed by atoms with Gasteiger partial charge in [-0.1, -0.05) is 6.07 Å². The van der Waals surface area contributed by atoms with Crippen LogP contribution in [0.5, 0.6) is 5.75 Å². The van der Waals surface area contributed by atoms with Crippen LogP contribution in [0.1, 0.15) is 18.9 Å². The fraction of sp³-hybridized carbons (Fsp3) is 0.538. The van der Waals surface area contributed by atoms with Gasteiger partial charge in [0.2, 0.25) is 0 Å². The van der Waals surface area contributed by atoms with Crippen molar-refractivity contribution in [3.63, 3.8) is 0 Å². The van der Waals surface area contributed by atoms with Crippen LogP contribution in [0.15, 0.2) is 22.7 Å². The fourth-order valence-electron chi connectivity index (χ4n) is 2.13. The van der Waals surface area contributed by atoms with Crippen LogP contribution in [0.4, 0.5) is 0 Å². The normalized spacial score (nSPS) is 22.4. The minimum atomic E-state index is 0.293. The van der Waals surface area contributed by atoms with E-state index in [0.717, 1.165) is 37.1 Å². The SMILES string of the molecule is CC1CN(Cc2ccc(O)c(Br)c2)CCCO1. The van der Waals surface area contributed by atoms with Crippen LogP contribution in [-0.4, -0.2) is 35.8 Å². The Morgan fingerprint density at radius 1 is 1.53 bits per heavy atom. The molecule has 0 aliphatic carbocycles. The number of phenolic OH excluding ortho intramolecular Hbond substituents is 1. The Kier molecular flexibility index (Phi) is 4.42. The maximum absolute atomic E-state index is 9.46. The van der Waals surface area contributed by atoms with Crippen molar-refractivity contribution in [3.05, 3.63) is 28.2 Å². The Labute approximate surface area is 111 Å². The van der Waals surface area contributed by atoms with Gasteiger partial charge in [-0.2, -0.15) is 0 Å². The van der Waals surface area contributed by atoms with E-state index in [2.05, 4.69) is 27.8 Å². The molecule has 3 nitrogen and oxygen atoms in total. The molecule has 94 valence electrons. The zero-order chi connectivity index (χ0) is 12.3. The summed E-state index contributed by atoms with van der Waals surface area (Å²) in [5.41, 5.74) is 1.21. The molecule has 1 aromatic rings. The van der Waals surface area contributed by atoms with Gasteiger partial charge in [0.15, 0.2) is 0 Å². The quantitative estimate of drug-likeness (QED) is 0.911. The van der Waals surface area contributed by atoms with Crippen molar-refractivity contribution in [2.24, 2.45) is 0 Å². The van der Waals surface area contributed by atoms with E-state index in [4.69, 9.17) is 4.74 Å². The van der Waals surface area contributed by atoms with Crippen molar-refractivity contribution in [2.75, 3.05) is 19.7 Å². The van der Waals surface area contributed by atoms with E-state index in [1.54, 1.807) is 6.07 Å². The molecular weight excluding hydrogens is 282 g/mol. The number of ether oxygens (including phenoxy) is 1. The van der Waals surface area contributed by atoms with Gasteiger partial charge in [0.05, 0.1) is 10.6 Å². The first-order chi connectivity index (χ1) is 8.15. The monoisotopic (exact) mass is 299 g/mol. The lowest BCUT2D eigenvalue weighted by molar-refractivity contribution is 0.0668. The number of hydrogen-bond acceptors (Lipinski definition) is 3. The van der Waals surface area contributed by atoms with Gasteiger partial charge in [0.1, 0.15) is 5.75 Å². The molecule has 1 aliphatic rings. The van der Waals surface area contributed by atoms with Crippen molar-refractivity contribution in [1.29, 1.82) is 0 Å². The summed E-state index contributed by atoms with van der Waals surface area (Å²) in [7, 11) is 0. The van der Waals surface area contributed by atoms with E-state index in [1.807, 2.05) is 12.1 Å². The van der Waals surface area contributed by atoms with Crippen LogP contribution in [0.3, 0.4) is 0 Å². The number of rotatable bonds is 2. The minimum absolute atomic E-state index is 0.293. The summed E-state index contributed by atoms with van der Waals surface area (Å²) in [5, 5.41) is 9.46. The molecule has 1 N–H and O–H groups in total. The highest BCUT2D eigenvalue weighted by atomic mass is 79.9. The topological polar surface area (TPSA) is 32.7 Å². The first kappa shape index (κ1) is 12.9.